The molecule has 0 aromatic heterocycles. The van der Waals surface area contributed by atoms with E-state index in [1.54, 1.807) is 0 Å². The highest BCUT2D eigenvalue weighted by molar-refractivity contribution is 4.82. The van der Waals surface area contributed by atoms with Gasteiger partial charge >= 0.3 is 0 Å². The molecule has 1 rings (SSSR count). The molecule has 1 atom stereocenters. The number of rotatable bonds is 6. The van der Waals surface area contributed by atoms with Crippen LogP contribution in [0.25, 0.3) is 0 Å². The lowest BCUT2D eigenvalue weighted by atomic mass is 9.89. The average molecular weight is 169 g/mol. The van der Waals surface area contributed by atoms with Crippen molar-refractivity contribution in [2.24, 2.45) is 11.8 Å². The van der Waals surface area contributed by atoms with Gasteiger partial charge in [-0.2, -0.15) is 0 Å². The van der Waals surface area contributed by atoms with Crippen molar-refractivity contribution in [3.63, 3.8) is 0 Å². The summed E-state index contributed by atoms with van der Waals surface area (Å²) in [4.78, 5) is 0. The summed E-state index contributed by atoms with van der Waals surface area (Å²) in [5.41, 5.74) is 0. The molecule has 12 heavy (non-hydrogen) atoms. The lowest BCUT2D eigenvalue weighted by molar-refractivity contribution is 0.322. The topological polar surface area (TPSA) is 12.0 Å². The molecule has 0 aliphatic heterocycles. The summed E-state index contributed by atoms with van der Waals surface area (Å²) in [6.45, 7) is 8.23. The molecule has 1 fully saturated rings. The molecule has 0 radical (unpaired) electrons. The Balaban J connectivity index is 2.10. The van der Waals surface area contributed by atoms with Crippen LogP contribution >= 0.6 is 0 Å². The van der Waals surface area contributed by atoms with Crippen molar-refractivity contribution in [3.05, 3.63) is 0 Å². The fraction of sp³-hybridized carbons (Fsp3) is 1.00. The van der Waals surface area contributed by atoms with Gasteiger partial charge in [0.2, 0.25) is 0 Å². The summed E-state index contributed by atoms with van der Waals surface area (Å²) in [7, 11) is 0. The standard InChI is InChI=1S/C11H23N/c1-4-10(5-2)9(3)8-12-11-6-7-11/h9-12H,4-8H2,1-3H3. The highest BCUT2D eigenvalue weighted by Gasteiger charge is 2.22. The molecule has 0 aromatic rings. The normalized spacial score (nSPS) is 20.0. The first-order chi connectivity index (χ1) is 5.77. The maximum atomic E-state index is 3.61. The molecule has 0 saturated heterocycles. The van der Waals surface area contributed by atoms with E-state index in [1.807, 2.05) is 0 Å². The van der Waals surface area contributed by atoms with E-state index in [1.165, 1.54) is 32.2 Å². The van der Waals surface area contributed by atoms with Crippen LogP contribution in [-0.4, -0.2) is 12.6 Å². The Kier molecular flexibility index (Phi) is 4.07. The molecule has 0 heterocycles. The van der Waals surface area contributed by atoms with E-state index in [9.17, 15) is 0 Å². The zero-order valence-electron chi connectivity index (χ0n) is 8.77. The molecule has 1 aliphatic rings. The number of hydrogen-bond donors (Lipinski definition) is 1. The molecule has 0 spiro atoms. The molecule has 0 bridgehead atoms. The molecule has 1 N–H and O–H groups in total. The van der Waals surface area contributed by atoms with Gasteiger partial charge in [0, 0.05) is 6.04 Å². The van der Waals surface area contributed by atoms with Crippen LogP contribution in [0.3, 0.4) is 0 Å². The van der Waals surface area contributed by atoms with Crippen LogP contribution in [0, 0.1) is 11.8 Å². The molecule has 1 unspecified atom stereocenters. The van der Waals surface area contributed by atoms with Crippen molar-refractivity contribution < 1.29 is 0 Å². The summed E-state index contributed by atoms with van der Waals surface area (Å²) >= 11 is 0. The first-order valence-electron chi connectivity index (χ1n) is 5.51. The lowest BCUT2D eigenvalue weighted by Gasteiger charge is -2.21. The van der Waals surface area contributed by atoms with E-state index in [0.717, 1.165) is 17.9 Å². The predicted octanol–water partition coefficient (Wildman–Crippen LogP) is 2.81. The summed E-state index contributed by atoms with van der Waals surface area (Å²) in [6, 6.07) is 0.877. The van der Waals surface area contributed by atoms with Gasteiger partial charge in [-0.15, -0.1) is 0 Å². The summed E-state index contributed by atoms with van der Waals surface area (Å²) in [5.74, 6) is 1.79. The second kappa shape index (κ2) is 4.86. The second-order valence-corrected chi connectivity index (χ2v) is 4.24. The Hall–Kier alpha value is -0.0400. The van der Waals surface area contributed by atoms with Gasteiger partial charge in [-0.1, -0.05) is 33.6 Å². The summed E-state index contributed by atoms with van der Waals surface area (Å²) in [5, 5.41) is 3.61. The fourth-order valence-corrected chi connectivity index (χ4v) is 1.90. The minimum absolute atomic E-state index is 0.862. The zero-order chi connectivity index (χ0) is 8.97. The summed E-state index contributed by atoms with van der Waals surface area (Å²) < 4.78 is 0. The van der Waals surface area contributed by atoms with Gasteiger partial charge < -0.3 is 5.32 Å². The van der Waals surface area contributed by atoms with Gasteiger partial charge in [-0.05, 0) is 31.2 Å². The number of nitrogens with one attached hydrogen (secondary N) is 1. The molecular formula is C11H23N. The average Bonchev–Trinajstić information content (AvgIpc) is 2.86. The SMILES string of the molecule is CCC(CC)C(C)CNC1CC1. The molecule has 0 aromatic carbocycles. The van der Waals surface area contributed by atoms with Crippen LogP contribution < -0.4 is 5.32 Å². The van der Waals surface area contributed by atoms with Crippen molar-refractivity contribution in [2.75, 3.05) is 6.54 Å². The highest BCUT2D eigenvalue weighted by Crippen LogP contribution is 2.22. The molecule has 1 nitrogen and oxygen atoms in total. The number of hydrogen-bond acceptors (Lipinski definition) is 1. The minimum Gasteiger partial charge on any atom is -0.314 e. The van der Waals surface area contributed by atoms with Gasteiger partial charge in [0.05, 0.1) is 0 Å². The quantitative estimate of drug-likeness (QED) is 0.644. The van der Waals surface area contributed by atoms with Crippen LogP contribution in [-0.2, 0) is 0 Å². The van der Waals surface area contributed by atoms with E-state index in [0.29, 0.717) is 0 Å². The van der Waals surface area contributed by atoms with Crippen molar-refractivity contribution in [1.82, 2.24) is 5.32 Å². The Bertz CT molecular complexity index is 114. The van der Waals surface area contributed by atoms with E-state index >= 15 is 0 Å². The fourth-order valence-electron chi connectivity index (χ4n) is 1.90. The van der Waals surface area contributed by atoms with Gasteiger partial charge in [0.1, 0.15) is 0 Å². The third-order valence-electron chi connectivity index (χ3n) is 3.16. The maximum Gasteiger partial charge on any atom is 0.00683 e. The second-order valence-electron chi connectivity index (χ2n) is 4.24. The third-order valence-corrected chi connectivity index (χ3v) is 3.16. The highest BCUT2D eigenvalue weighted by atomic mass is 14.9. The molecule has 1 heteroatoms. The summed E-state index contributed by atoms with van der Waals surface area (Å²) in [6.07, 6.45) is 5.50. The van der Waals surface area contributed by atoms with Gasteiger partial charge in [0.25, 0.3) is 0 Å². The molecule has 72 valence electrons. The monoisotopic (exact) mass is 169 g/mol. The van der Waals surface area contributed by atoms with Gasteiger partial charge in [-0.25, -0.2) is 0 Å². The van der Waals surface area contributed by atoms with Crippen molar-refractivity contribution >= 4 is 0 Å². The van der Waals surface area contributed by atoms with Crippen molar-refractivity contribution in [3.8, 4) is 0 Å². The Labute approximate surface area is 76.9 Å². The molecule has 1 aliphatic carbocycles. The van der Waals surface area contributed by atoms with E-state index in [4.69, 9.17) is 0 Å². The lowest BCUT2D eigenvalue weighted by Crippen LogP contribution is -2.27. The Morgan fingerprint density at radius 3 is 2.25 bits per heavy atom. The molecule has 1 saturated carbocycles. The first-order valence-corrected chi connectivity index (χ1v) is 5.51. The van der Waals surface area contributed by atoms with Crippen LogP contribution in [0.2, 0.25) is 0 Å². The maximum absolute atomic E-state index is 3.61. The van der Waals surface area contributed by atoms with Crippen molar-refractivity contribution in [1.29, 1.82) is 0 Å². The van der Waals surface area contributed by atoms with Crippen LogP contribution in [0.1, 0.15) is 46.5 Å². The largest absolute Gasteiger partial charge is 0.314 e. The third kappa shape index (κ3) is 3.14. The molecule has 0 amide bonds. The zero-order valence-corrected chi connectivity index (χ0v) is 8.77. The predicted molar refractivity (Wildman–Crippen MR) is 54.3 cm³/mol. The van der Waals surface area contributed by atoms with Crippen LogP contribution in [0.15, 0.2) is 0 Å². The van der Waals surface area contributed by atoms with E-state index < -0.39 is 0 Å². The van der Waals surface area contributed by atoms with E-state index in [2.05, 4.69) is 26.1 Å². The Morgan fingerprint density at radius 1 is 1.25 bits per heavy atom. The molecular weight excluding hydrogens is 146 g/mol. The first kappa shape index (κ1) is 10.0. The minimum atomic E-state index is 0.862. The van der Waals surface area contributed by atoms with Crippen LogP contribution in [0.5, 0.6) is 0 Å². The smallest absolute Gasteiger partial charge is 0.00683 e. The Morgan fingerprint density at radius 2 is 1.83 bits per heavy atom. The van der Waals surface area contributed by atoms with E-state index in [-0.39, 0.29) is 0 Å². The van der Waals surface area contributed by atoms with Crippen LogP contribution in [0.4, 0.5) is 0 Å². The van der Waals surface area contributed by atoms with Crippen molar-refractivity contribution in [2.45, 2.75) is 52.5 Å². The van der Waals surface area contributed by atoms with Gasteiger partial charge in [0.15, 0.2) is 0 Å². The van der Waals surface area contributed by atoms with Gasteiger partial charge in [-0.3, -0.25) is 0 Å².